The first kappa shape index (κ1) is 14.9. The third-order valence-corrected chi connectivity index (χ3v) is 3.94. The quantitative estimate of drug-likeness (QED) is 0.603. The van der Waals surface area contributed by atoms with Crippen molar-refractivity contribution in [2.75, 3.05) is 6.61 Å². The van der Waals surface area contributed by atoms with E-state index in [2.05, 4.69) is 15.9 Å². The van der Waals surface area contributed by atoms with E-state index in [4.69, 9.17) is 4.74 Å². The van der Waals surface area contributed by atoms with E-state index in [1.54, 1.807) is 0 Å². The summed E-state index contributed by atoms with van der Waals surface area (Å²) in [4.78, 5) is 22.0. The summed E-state index contributed by atoms with van der Waals surface area (Å²) in [7, 11) is 0. The maximum absolute atomic E-state index is 13.2. The van der Waals surface area contributed by atoms with Gasteiger partial charge in [0.1, 0.15) is 12.4 Å². The lowest BCUT2D eigenvalue weighted by molar-refractivity contribution is -0.386. The molecule has 0 aliphatic heterocycles. The first-order valence-corrected chi connectivity index (χ1v) is 7.07. The zero-order valence-electron chi connectivity index (χ0n) is 10.6. The largest absolute Gasteiger partial charge is 0.478 e. The molecule has 0 atom stereocenters. The summed E-state index contributed by atoms with van der Waals surface area (Å²) in [6.07, 6.45) is 3.73. The number of nitro groups is 1. The monoisotopic (exact) mass is 345 g/mol. The Kier molecular flexibility index (Phi) is 4.69. The standard InChI is InChI=1S/C13H13BrFNO4/c14-10-5-9(15)6-11(16(18)19)13(10)20-7-12(17)8-3-1-2-4-8/h5-6,8H,1-4,7H2. The highest BCUT2D eigenvalue weighted by Gasteiger charge is 2.25. The van der Waals surface area contributed by atoms with Gasteiger partial charge in [0.15, 0.2) is 5.78 Å². The molecule has 5 nitrogen and oxygen atoms in total. The minimum Gasteiger partial charge on any atom is -0.478 e. The molecule has 1 aromatic carbocycles. The van der Waals surface area contributed by atoms with Crippen molar-refractivity contribution in [1.29, 1.82) is 0 Å². The van der Waals surface area contributed by atoms with Gasteiger partial charge in [-0.2, -0.15) is 0 Å². The number of ether oxygens (including phenoxy) is 1. The number of carbonyl (C=O) groups excluding carboxylic acids is 1. The van der Waals surface area contributed by atoms with Crippen molar-refractivity contribution >= 4 is 27.4 Å². The van der Waals surface area contributed by atoms with Gasteiger partial charge in [-0.1, -0.05) is 12.8 Å². The van der Waals surface area contributed by atoms with Crippen molar-refractivity contribution in [1.82, 2.24) is 0 Å². The van der Waals surface area contributed by atoms with Crippen LogP contribution >= 0.6 is 15.9 Å². The summed E-state index contributed by atoms with van der Waals surface area (Å²) >= 11 is 3.02. The molecule has 1 aliphatic rings. The second-order valence-electron chi connectivity index (χ2n) is 4.73. The lowest BCUT2D eigenvalue weighted by Gasteiger charge is -2.11. The van der Waals surface area contributed by atoms with Crippen LogP contribution in [0.2, 0.25) is 0 Å². The van der Waals surface area contributed by atoms with Gasteiger partial charge in [0.25, 0.3) is 0 Å². The van der Waals surface area contributed by atoms with Crippen LogP contribution in [-0.4, -0.2) is 17.3 Å². The van der Waals surface area contributed by atoms with Crippen LogP contribution in [0.15, 0.2) is 16.6 Å². The van der Waals surface area contributed by atoms with Gasteiger partial charge < -0.3 is 4.74 Å². The lowest BCUT2D eigenvalue weighted by Crippen LogP contribution is -2.19. The fourth-order valence-corrected chi connectivity index (χ4v) is 2.87. The number of ketones is 1. The van der Waals surface area contributed by atoms with Crippen LogP contribution in [0, 0.1) is 21.8 Å². The molecule has 7 heteroatoms. The van der Waals surface area contributed by atoms with Gasteiger partial charge in [0, 0.05) is 5.92 Å². The highest BCUT2D eigenvalue weighted by atomic mass is 79.9. The zero-order chi connectivity index (χ0) is 14.7. The number of nitrogens with zero attached hydrogens (tertiary/aromatic N) is 1. The first-order chi connectivity index (χ1) is 9.49. The molecule has 1 aromatic rings. The number of carbonyl (C=O) groups is 1. The second-order valence-corrected chi connectivity index (χ2v) is 5.58. The van der Waals surface area contributed by atoms with Gasteiger partial charge in [-0.25, -0.2) is 4.39 Å². The Morgan fingerprint density at radius 2 is 2.10 bits per heavy atom. The number of rotatable bonds is 5. The average Bonchev–Trinajstić information content (AvgIpc) is 2.90. The molecular weight excluding hydrogens is 333 g/mol. The Labute approximate surface area is 123 Å². The lowest BCUT2D eigenvalue weighted by atomic mass is 10.0. The number of hydrogen-bond acceptors (Lipinski definition) is 4. The fraction of sp³-hybridized carbons (Fsp3) is 0.462. The van der Waals surface area contributed by atoms with E-state index in [0.29, 0.717) is 0 Å². The molecule has 1 fully saturated rings. The average molecular weight is 346 g/mol. The number of benzene rings is 1. The maximum Gasteiger partial charge on any atom is 0.315 e. The predicted octanol–water partition coefficient (Wildman–Crippen LogP) is 3.63. The minimum absolute atomic E-state index is 0.0201. The number of halogens is 2. The van der Waals surface area contributed by atoms with E-state index in [-0.39, 0.29) is 28.5 Å². The molecule has 0 spiro atoms. The van der Waals surface area contributed by atoms with E-state index in [0.717, 1.165) is 37.8 Å². The molecule has 1 aliphatic carbocycles. The van der Waals surface area contributed by atoms with Crippen LogP contribution in [0.4, 0.5) is 10.1 Å². The Balaban J connectivity index is 2.12. The van der Waals surface area contributed by atoms with E-state index >= 15 is 0 Å². The Bertz CT molecular complexity index is 543. The fourth-order valence-electron chi connectivity index (χ4n) is 2.33. The van der Waals surface area contributed by atoms with Gasteiger partial charge in [-0.05, 0) is 34.8 Å². The molecular formula is C13H13BrFNO4. The van der Waals surface area contributed by atoms with Crippen molar-refractivity contribution < 1.29 is 18.8 Å². The van der Waals surface area contributed by atoms with Gasteiger partial charge >= 0.3 is 5.69 Å². The molecule has 0 unspecified atom stereocenters. The van der Waals surface area contributed by atoms with Crippen LogP contribution < -0.4 is 4.74 Å². The molecule has 2 rings (SSSR count). The second kappa shape index (κ2) is 6.30. The summed E-state index contributed by atoms with van der Waals surface area (Å²) in [6.45, 7) is -0.226. The predicted molar refractivity (Wildman–Crippen MR) is 73.2 cm³/mol. The highest BCUT2D eigenvalue weighted by molar-refractivity contribution is 9.10. The molecule has 0 aromatic heterocycles. The Morgan fingerprint density at radius 1 is 1.45 bits per heavy atom. The summed E-state index contributed by atoms with van der Waals surface area (Å²) in [5, 5.41) is 10.9. The maximum atomic E-state index is 13.2. The molecule has 0 N–H and O–H groups in total. The summed E-state index contributed by atoms with van der Waals surface area (Å²) in [5.74, 6) is -0.929. The zero-order valence-corrected chi connectivity index (χ0v) is 12.2. The Hall–Kier alpha value is -1.50. The normalized spacial score (nSPS) is 15.3. The van der Waals surface area contributed by atoms with Gasteiger partial charge in [-0.15, -0.1) is 0 Å². The molecule has 20 heavy (non-hydrogen) atoms. The Morgan fingerprint density at radius 3 is 2.70 bits per heavy atom. The van der Waals surface area contributed by atoms with Gasteiger partial charge in [-0.3, -0.25) is 14.9 Å². The van der Waals surface area contributed by atoms with E-state index in [1.807, 2.05) is 0 Å². The molecule has 0 amide bonds. The van der Waals surface area contributed by atoms with Crippen LogP contribution in [0.25, 0.3) is 0 Å². The van der Waals surface area contributed by atoms with Crippen molar-refractivity contribution in [3.8, 4) is 5.75 Å². The first-order valence-electron chi connectivity index (χ1n) is 6.28. The third-order valence-electron chi connectivity index (χ3n) is 3.35. The van der Waals surface area contributed by atoms with E-state index in [9.17, 15) is 19.3 Å². The van der Waals surface area contributed by atoms with Crippen molar-refractivity contribution in [2.45, 2.75) is 25.7 Å². The van der Waals surface area contributed by atoms with E-state index < -0.39 is 16.4 Å². The van der Waals surface area contributed by atoms with Crippen molar-refractivity contribution in [2.24, 2.45) is 5.92 Å². The summed E-state index contributed by atoms with van der Waals surface area (Å²) in [6, 6.07) is 1.85. The smallest absolute Gasteiger partial charge is 0.315 e. The minimum atomic E-state index is -0.738. The van der Waals surface area contributed by atoms with Crippen LogP contribution in [-0.2, 0) is 4.79 Å². The molecule has 108 valence electrons. The highest BCUT2D eigenvalue weighted by Crippen LogP contribution is 2.36. The SMILES string of the molecule is O=C(COc1c(Br)cc(F)cc1[N+](=O)[O-])C1CCCC1. The van der Waals surface area contributed by atoms with Crippen LogP contribution in [0.5, 0.6) is 5.75 Å². The molecule has 0 saturated heterocycles. The van der Waals surface area contributed by atoms with E-state index in [1.165, 1.54) is 0 Å². The van der Waals surface area contributed by atoms with Crippen molar-refractivity contribution in [3.05, 3.63) is 32.5 Å². The van der Waals surface area contributed by atoms with Crippen molar-refractivity contribution in [3.63, 3.8) is 0 Å². The number of hydrogen-bond donors (Lipinski definition) is 0. The topological polar surface area (TPSA) is 69.4 Å². The summed E-state index contributed by atoms with van der Waals surface area (Å²) in [5.41, 5.74) is -0.490. The number of nitro benzene ring substituents is 1. The van der Waals surface area contributed by atoms with Gasteiger partial charge in [0.2, 0.25) is 5.75 Å². The number of Topliss-reactive ketones (excluding diaryl/α,β-unsaturated/α-hetero) is 1. The molecule has 0 radical (unpaired) electrons. The van der Waals surface area contributed by atoms with Gasteiger partial charge in [0.05, 0.1) is 15.5 Å². The van der Waals surface area contributed by atoms with Crippen LogP contribution in [0.1, 0.15) is 25.7 Å². The summed E-state index contributed by atoms with van der Waals surface area (Å²) < 4.78 is 18.5. The molecule has 0 bridgehead atoms. The molecule has 1 saturated carbocycles. The third kappa shape index (κ3) is 3.33. The molecule has 0 heterocycles. The van der Waals surface area contributed by atoms with Crippen LogP contribution in [0.3, 0.4) is 0 Å².